The van der Waals surface area contributed by atoms with Crippen molar-refractivity contribution in [1.29, 1.82) is 5.41 Å². The molecule has 3 aromatic rings. The van der Waals surface area contributed by atoms with Crippen molar-refractivity contribution in [2.75, 3.05) is 6.61 Å². The van der Waals surface area contributed by atoms with Crippen molar-refractivity contribution in [3.05, 3.63) is 65.6 Å². The summed E-state index contributed by atoms with van der Waals surface area (Å²) in [6.07, 6.45) is 0.480. The van der Waals surface area contributed by atoms with Crippen LogP contribution < -0.4 is 0 Å². The molecule has 7 heteroatoms. The molecule has 6 nitrogen and oxygen atoms in total. The molecule has 1 saturated heterocycles. The van der Waals surface area contributed by atoms with Crippen LogP contribution in [0.1, 0.15) is 11.3 Å². The predicted molar refractivity (Wildman–Crippen MR) is 96.9 cm³/mol. The molecule has 1 fully saturated rings. The SMILES string of the molecule is N=Cc1cc(-c2ccc(F)cc2)c2ccc(CN3C(=O)COC3=O)cc2n1. The molecule has 0 spiro atoms. The summed E-state index contributed by atoms with van der Waals surface area (Å²) in [5.41, 5.74) is 3.41. The molecule has 0 unspecified atom stereocenters. The van der Waals surface area contributed by atoms with Gasteiger partial charge < -0.3 is 10.1 Å². The molecule has 1 aliphatic rings. The van der Waals surface area contributed by atoms with Crippen LogP contribution in [0.3, 0.4) is 0 Å². The van der Waals surface area contributed by atoms with Gasteiger partial charge in [-0.15, -0.1) is 0 Å². The molecule has 2 amide bonds. The summed E-state index contributed by atoms with van der Waals surface area (Å²) in [6.45, 7) is -0.146. The Morgan fingerprint density at radius 1 is 1.15 bits per heavy atom. The number of carbonyl (C=O) groups is 2. The first-order chi connectivity index (χ1) is 13.0. The molecule has 2 heterocycles. The van der Waals surface area contributed by atoms with Crippen molar-refractivity contribution in [2.24, 2.45) is 0 Å². The van der Waals surface area contributed by atoms with E-state index in [2.05, 4.69) is 4.98 Å². The molecule has 0 aliphatic carbocycles. The Morgan fingerprint density at radius 2 is 1.93 bits per heavy atom. The number of amides is 2. The summed E-state index contributed by atoms with van der Waals surface area (Å²) < 4.78 is 18.0. The molecule has 134 valence electrons. The maximum Gasteiger partial charge on any atom is 0.417 e. The van der Waals surface area contributed by atoms with Crippen molar-refractivity contribution in [2.45, 2.75) is 6.54 Å². The second-order valence-corrected chi connectivity index (χ2v) is 6.13. The number of nitrogens with zero attached hydrogens (tertiary/aromatic N) is 2. The molecule has 1 aliphatic heterocycles. The number of nitrogens with one attached hydrogen (secondary N) is 1. The Bertz CT molecular complexity index is 1060. The average Bonchev–Trinajstić information content (AvgIpc) is 2.99. The first-order valence-electron chi connectivity index (χ1n) is 8.22. The van der Waals surface area contributed by atoms with Gasteiger partial charge in [0.25, 0.3) is 5.91 Å². The Hall–Kier alpha value is -3.61. The molecule has 1 N–H and O–H groups in total. The Labute approximate surface area is 153 Å². The lowest BCUT2D eigenvalue weighted by Gasteiger charge is -2.13. The zero-order chi connectivity index (χ0) is 19.0. The number of carbonyl (C=O) groups excluding carboxylic acids is 2. The van der Waals surface area contributed by atoms with Crippen LogP contribution in [0.15, 0.2) is 48.5 Å². The summed E-state index contributed by atoms with van der Waals surface area (Å²) in [6, 6.07) is 13.3. The van der Waals surface area contributed by atoms with E-state index in [0.29, 0.717) is 11.2 Å². The van der Waals surface area contributed by atoms with Crippen LogP contribution in [-0.4, -0.2) is 34.7 Å². The number of hydrogen-bond donors (Lipinski definition) is 1. The number of rotatable bonds is 4. The molecular weight excluding hydrogens is 349 g/mol. The highest BCUT2D eigenvalue weighted by atomic mass is 19.1. The van der Waals surface area contributed by atoms with Crippen LogP contribution in [0.5, 0.6) is 0 Å². The highest BCUT2D eigenvalue weighted by Gasteiger charge is 2.30. The third-order valence-corrected chi connectivity index (χ3v) is 4.38. The Kier molecular flexibility index (Phi) is 4.12. The minimum absolute atomic E-state index is 0.0932. The number of fused-ring (bicyclic) bond motifs is 1. The van der Waals surface area contributed by atoms with E-state index in [4.69, 9.17) is 10.1 Å². The first kappa shape index (κ1) is 16.8. The van der Waals surface area contributed by atoms with E-state index in [1.165, 1.54) is 12.1 Å². The lowest BCUT2D eigenvalue weighted by molar-refractivity contribution is -0.126. The smallest absolute Gasteiger partial charge is 0.417 e. The summed E-state index contributed by atoms with van der Waals surface area (Å²) in [7, 11) is 0. The highest BCUT2D eigenvalue weighted by Crippen LogP contribution is 2.29. The molecule has 0 saturated carbocycles. The largest absolute Gasteiger partial charge is 0.439 e. The molecule has 27 heavy (non-hydrogen) atoms. The quantitative estimate of drug-likeness (QED) is 0.719. The number of imide groups is 1. The number of aromatic nitrogens is 1. The van der Waals surface area contributed by atoms with Crippen LogP contribution in [-0.2, 0) is 16.1 Å². The molecule has 2 aromatic carbocycles. The van der Waals surface area contributed by atoms with Crippen LogP contribution in [0.4, 0.5) is 9.18 Å². The van der Waals surface area contributed by atoms with Crippen molar-refractivity contribution >= 4 is 29.1 Å². The Morgan fingerprint density at radius 3 is 2.59 bits per heavy atom. The predicted octanol–water partition coefficient (Wildman–Crippen LogP) is 3.52. The van der Waals surface area contributed by atoms with E-state index in [1.807, 2.05) is 6.07 Å². The molecule has 4 rings (SSSR count). The van der Waals surface area contributed by atoms with Gasteiger partial charge >= 0.3 is 6.09 Å². The fraction of sp³-hybridized carbons (Fsp3) is 0.100. The number of halogens is 1. The van der Waals surface area contributed by atoms with E-state index in [9.17, 15) is 14.0 Å². The zero-order valence-corrected chi connectivity index (χ0v) is 14.1. The van der Waals surface area contributed by atoms with E-state index in [0.717, 1.165) is 33.2 Å². The number of hydrogen-bond acceptors (Lipinski definition) is 5. The van der Waals surface area contributed by atoms with Gasteiger partial charge in [0.2, 0.25) is 0 Å². The van der Waals surface area contributed by atoms with Crippen LogP contribution in [0.25, 0.3) is 22.0 Å². The van der Waals surface area contributed by atoms with E-state index >= 15 is 0 Å². The van der Waals surface area contributed by atoms with Gasteiger partial charge in [-0.25, -0.2) is 19.1 Å². The van der Waals surface area contributed by atoms with E-state index in [1.54, 1.807) is 30.3 Å². The maximum atomic E-state index is 13.3. The molecular formula is C20H14FN3O3. The number of ether oxygens (including phenoxy) is 1. The topological polar surface area (TPSA) is 83.4 Å². The summed E-state index contributed by atoms with van der Waals surface area (Å²) >= 11 is 0. The lowest BCUT2D eigenvalue weighted by Crippen LogP contribution is -2.28. The fourth-order valence-electron chi connectivity index (χ4n) is 3.05. The van der Waals surface area contributed by atoms with Crippen LogP contribution in [0, 0.1) is 11.2 Å². The normalized spacial score (nSPS) is 13.9. The standard InChI is InChI=1S/C20H14FN3O3/c21-14-4-2-13(3-5-14)17-8-15(9-22)23-18-7-12(1-6-16(17)18)10-24-19(25)11-27-20(24)26/h1-9,22H,10-11H2. The summed E-state index contributed by atoms with van der Waals surface area (Å²) in [5.74, 6) is -0.706. The third kappa shape index (κ3) is 3.15. The Balaban J connectivity index is 1.79. The number of pyridine rings is 1. The number of cyclic esters (lactones) is 1. The molecule has 0 atom stereocenters. The van der Waals surface area contributed by atoms with Gasteiger partial charge in [0, 0.05) is 11.6 Å². The summed E-state index contributed by atoms with van der Waals surface area (Å²) in [4.78, 5) is 28.8. The summed E-state index contributed by atoms with van der Waals surface area (Å²) in [5, 5.41) is 8.36. The van der Waals surface area contributed by atoms with Crippen molar-refractivity contribution in [3.63, 3.8) is 0 Å². The minimum atomic E-state index is -0.659. The van der Waals surface area contributed by atoms with Gasteiger partial charge in [-0.2, -0.15) is 0 Å². The maximum absolute atomic E-state index is 13.3. The molecule has 0 bridgehead atoms. The molecule has 1 aromatic heterocycles. The zero-order valence-electron chi connectivity index (χ0n) is 14.1. The van der Waals surface area contributed by atoms with Crippen molar-refractivity contribution in [1.82, 2.24) is 9.88 Å². The van der Waals surface area contributed by atoms with Crippen molar-refractivity contribution < 1.29 is 18.7 Å². The highest BCUT2D eigenvalue weighted by molar-refractivity contribution is 5.99. The minimum Gasteiger partial charge on any atom is -0.439 e. The number of benzene rings is 2. The van der Waals surface area contributed by atoms with E-state index in [-0.39, 0.29) is 24.9 Å². The van der Waals surface area contributed by atoms with Gasteiger partial charge in [0.05, 0.1) is 17.8 Å². The van der Waals surface area contributed by atoms with E-state index < -0.39 is 6.09 Å². The van der Waals surface area contributed by atoms with Gasteiger partial charge in [0.1, 0.15) is 5.82 Å². The lowest BCUT2D eigenvalue weighted by atomic mass is 9.99. The van der Waals surface area contributed by atoms with Gasteiger partial charge in [-0.3, -0.25) is 4.79 Å². The second-order valence-electron chi connectivity index (χ2n) is 6.13. The molecule has 0 radical (unpaired) electrons. The van der Waals surface area contributed by atoms with Gasteiger partial charge in [0.15, 0.2) is 6.61 Å². The van der Waals surface area contributed by atoms with Crippen molar-refractivity contribution in [3.8, 4) is 11.1 Å². The second kappa shape index (κ2) is 6.60. The third-order valence-electron chi connectivity index (χ3n) is 4.38. The van der Waals surface area contributed by atoms with Gasteiger partial charge in [-0.05, 0) is 41.0 Å². The van der Waals surface area contributed by atoms with Crippen LogP contribution >= 0.6 is 0 Å². The average molecular weight is 363 g/mol. The monoisotopic (exact) mass is 363 g/mol. The first-order valence-corrected chi connectivity index (χ1v) is 8.22. The van der Waals surface area contributed by atoms with Crippen LogP contribution in [0.2, 0.25) is 0 Å². The van der Waals surface area contributed by atoms with Gasteiger partial charge in [-0.1, -0.05) is 24.3 Å². The fourth-order valence-corrected chi connectivity index (χ4v) is 3.05.